The van der Waals surface area contributed by atoms with Crippen LogP contribution in [0.2, 0.25) is 5.02 Å². The summed E-state index contributed by atoms with van der Waals surface area (Å²) < 4.78 is 89.6. The van der Waals surface area contributed by atoms with E-state index < -0.39 is 52.1 Å². The molecule has 48 heavy (non-hydrogen) atoms. The minimum atomic E-state index is -5.16. The maximum atomic E-state index is 14.3. The number of nitrogens with zero attached hydrogens (tertiary/aromatic N) is 1. The largest absolute Gasteiger partial charge is 0.507 e. The van der Waals surface area contributed by atoms with E-state index in [9.17, 15) is 41.4 Å². The van der Waals surface area contributed by atoms with Crippen LogP contribution in [0.25, 0.3) is 22.4 Å². The number of alkyl halides is 6. The molecule has 0 spiro atoms. The first kappa shape index (κ1) is 35.0. The zero-order valence-electron chi connectivity index (χ0n) is 25.9. The Morgan fingerprint density at radius 3 is 2.27 bits per heavy atom. The Bertz CT molecular complexity index is 1840. The third-order valence-electron chi connectivity index (χ3n) is 8.09. The molecular weight excluding hydrogens is 662 g/mol. The Morgan fingerprint density at radius 1 is 0.979 bits per heavy atom. The van der Waals surface area contributed by atoms with Gasteiger partial charge in [-0.3, -0.25) is 4.79 Å². The number of carbonyl (C=O) groups excluding carboxylic acids is 1. The summed E-state index contributed by atoms with van der Waals surface area (Å²) in [4.78, 5) is 17.2. The van der Waals surface area contributed by atoms with Crippen molar-refractivity contribution in [3.8, 4) is 34.0 Å². The summed E-state index contributed by atoms with van der Waals surface area (Å²) in [6.07, 6.45) is -9.77. The third kappa shape index (κ3) is 7.71. The normalized spacial score (nSPS) is 17.2. The smallest absolute Gasteiger partial charge is 0.417 e. The quantitative estimate of drug-likeness (QED) is 0.168. The first-order valence-corrected chi connectivity index (χ1v) is 15.2. The van der Waals surface area contributed by atoms with Crippen LogP contribution in [0.15, 0.2) is 72.8 Å². The monoisotopic (exact) mass is 692 g/mol. The van der Waals surface area contributed by atoms with E-state index >= 15 is 0 Å². The van der Waals surface area contributed by atoms with Crippen LogP contribution >= 0.6 is 11.6 Å². The van der Waals surface area contributed by atoms with Crippen LogP contribution in [0, 0.1) is 0 Å². The van der Waals surface area contributed by atoms with Gasteiger partial charge in [0.25, 0.3) is 5.91 Å². The van der Waals surface area contributed by atoms with Gasteiger partial charge in [0.15, 0.2) is 0 Å². The number of phenols is 1. The first-order valence-electron chi connectivity index (χ1n) is 14.8. The van der Waals surface area contributed by atoms with Crippen LogP contribution in [0.4, 0.5) is 26.3 Å². The molecule has 3 aromatic carbocycles. The van der Waals surface area contributed by atoms with Crippen LogP contribution in [0.3, 0.4) is 0 Å². The van der Waals surface area contributed by atoms with Gasteiger partial charge in [0.05, 0.1) is 28.0 Å². The topological polar surface area (TPSA) is 91.7 Å². The number of rotatable bonds is 7. The van der Waals surface area contributed by atoms with Crippen molar-refractivity contribution in [2.24, 2.45) is 0 Å². The number of pyridine rings is 1. The molecule has 6 nitrogen and oxygen atoms in total. The molecule has 3 N–H and O–H groups in total. The molecule has 0 fully saturated rings. The number of ether oxygens (including phenoxy) is 1. The van der Waals surface area contributed by atoms with Gasteiger partial charge in [-0.2, -0.15) is 26.3 Å². The first-order chi connectivity index (χ1) is 22.2. The molecule has 2 heterocycles. The molecule has 1 aliphatic heterocycles. The van der Waals surface area contributed by atoms with Gasteiger partial charge in [0.1, 0.15) is 11.4 Å². The van der Waals surface area contributed by atoms with E-state index in [1.165, 1.54) is 31.2 Å². The number of amides is 1. The second-order valence-electron chi connectivity index (χ2n) is 12.7. The number of fused-ring (bicyclic) bond motifs is 1. The third-order valence-corrected chi connectivity index (χ3v) is 8.35. The zero-order valence-corrected chi connectivity index (χ0v) is 26.7. The molecule has 1 aliphatic rings. The van der Waals surface area contributed by atoms with E-state index in [4.69, 9.17) is 16.3 Å². The second-order valence-corrected chi connectivity index (χ2v) is 13.1. The van der Waals surface area contributed by atoms with E-state index in [0.717, 1.165) is 6.07 Å². The maximum absolute atomic E-state index is 14.3. The molecule has 1 amide bonds. The number of para-hydroxylation sites is 1. The van der Waals surface area contributed by atoms with Crippen molar-refractivity contribution >= 4 is 17.5 Å². The number of aliphatic hydroxyl groups is 1. The van der Waals surface area contributed by atoms with Gasteiger partial charge in [-0.05, 0) is 87.6 Å². The van der Waals surface area contributed by atoms with Crippen molar-refractivity contribution < 1.29 is 46.1 Å². The number of phenolic OH excluding ortho intramolecular Hbond substituents is 1. The summed E-state index contributed by atoms with van der Waals surface area (Å²) in [6.45, 7) is 4.79. The molecule has 0 bridgehead atoms. The van der Waals surface area contributed by atoms with Gasteiger partial charge in [0.2, 0.25) is 5.88 Å². The van der Waals surface area contributed by atoms with Crippen LogP contribution < -0.4 is 10.1 Å². The molecule has 1 aromatic heterocycles. The Balaban J connectivity index is 1.60. The number of carbonyl (C=O) groups is 1. The number of hydrogen-bond donors (Lipinski definition) is 3. The maximum Gasteiger partial charge on any atom is 0.417 e. The molecule has 2 atom stereocenters. The Morgan fingerprint density at radius 2 is 1.65 bits per heavy atom. The summed E-state index contributed by atoms with van der Waals surface area (Å²) in [7, 11) is 0. The van der Waals surface area contributed by atoms with E-state index in [-0.39, 0.29) is 47.5 Å². The molecule has 0 saturated heterocycles. The molecular formula is C35H31ClF6N2O4. The molecule has 0 radical (unpaired) electrons. The second kappa shape index (κ2) is 12.6. The van der Waals surface area contributed by atoms with Crippen LogP contribution in [-0.4, -0.2) is 38.9 Å². The average Bonchev–Trinajstić information content (AvgIpc) is 2.98. The molecule has 4 aromatic rings. The summed E-state index contributed by atoms with van der Waals surface area (Å²) in [5.41, 5.74) is -5.18. The Kier molecular flexibility index (Phi) is 9.21. The van der Waals surface area contributed by atoms with Crippen LogP contribution in [-0.2, 0) is 12.4 Å². The molecule has 2 unspecified atom stereocenters. The highest BCUT2D eigenvalue weighted by atomic mass is 35.5. The lowest BCUT2D eigenvalue weighted by Crippen LogP contribution is -2.44. The SMILES string of the molecule is CC(O)(CNC(=O)c1ccccc1O)CC1CC(C)(C)Oc2nc(-c3ccc(C(F)(F)F)cc3C(F)(F)F)c(-c3ccc(Cl)cc3)cc21. The number of benzene rings is 3. The lowest BCUT2D eigenvalue weighted by Gasteiger charge is -2.40. The van der Waals surface area contributed by atoms with Gasteiger partial charge in [0, 0.05) is 28.3 Å². The average molecular weight is 693 g/mol. The predicted octanol–water partition coefficient (Wildman–Crippen LogP) is 9.03. The summed E-state index contributed by atoms with van der Waals surface area (Å²) in [5, 5.41) is 24.4. The fourth-order valence-corrected chi connectivity index (χ4v) is 6.05. The van der Waals surface area contributed by atoms with E-state index in [1.807, 2.05) is 0 Å². The van der Waals surface area contributed by atoms with Crippen molar-refractivity contribution in [2.45, 2.75) is 63.1 Å². The van der Waals surface area contributed by atoms with Crippen molar-refractivity contribution in [1.82, 2.24) is 10.3 Å². The Hall–Kier alpha value is -4.29. The molecule has 254 valence electrons. The minimum Gasteiger partial charge on any atom is -0.507 e. The lowest BCUT2D eigenvalue weighted by atomic mass is 9.78. The predicted molar refractivity (Wildman–Crippen MR) is 168 cm³/mol. The fraction of sp³-hybridized carbons (Fsp3) is 0.314. The van der Waals surface area contributed by atoms with Crippen LogP contribution in [0.5, 0.6) is 11.6 Å². The summed E-state index contributed by atoms with van der Waals surface area (Å²) >= 11 is 6.08. The van der Waals surface area contributed by atoms with Crippen molar-refractivity contribution in [1.29, 1.82) is 0 Å². The standard InChI is InChI=1S/C35H31ClF6N2O4/c1-32(2)16-20(17-33(3,47)18-43-30(46)24-6-4-5-7-28(24)45)26-15-25(19-8-11-22(36)12-9-19)29(44-31(26)48-32)23-13-10-21(34(37,38)39)14-27(23)35(40,41)42/h4-15,20,45,47H,16-18H2,1-3H3,(H,43,46). The van der Waals surface area contributed by atoms with E-state index in [1.54, 1.807) is 44.2 Å². The van der Waals surface area contributed by atoms with Gasteiger partial charge < -0.3 is 20.3 Å². The van der Waals surface area contributed by atoms with Gasteiger partial charge >= 0.3 is 12.4 Å². The molecule has 13 heteroatoms. The molecule has 0 saturated carbocycles. The summed E-state index contributed by atoms with van der Waals surface area (Å²) in [5.74, 6) is -1.35. The highest BCUT2D eigenvalue weighted by Crippen LogP contribution is 2.49. The van der Waals surface area contributed by atoms with Crippen molar-refractivity contribution in [2.75, 3.05) is 6.54 Å². The fourth-order valence-electron chi connectivity index (χ4n) is 5.93. The highest BCUT2D eigenvalue weighted by Gasteiger charge is 2.42. The van der Waals surface area contributed by atoms with Gasteiger partial charge in [-0.1, -0.05) is 41.9 Å². The summed E-state index contributed by atoms with van der Waals surface area (Å²) in [6, 6.07) is 15.1. The number of hydrogen-bond acceptors (Lipinski definition) is 5. The van der Waals surface area contributed by atoms with E-state index in [2.05, 4.69) is 10.3 Å². The van der Waals surface area contributed by atoms with Crippen LogP contribution in [0.1, 0.15) is 66.6 Å². The molecule has 5 rings (SSSR count). The number of nitrogens with one attached hydrogen (secondary N) is 1. The number of aromatic hydroxyl groups is 1. The number of halogens is 7. The van der Waals surface area contributed by atoms with Gasteiger partial charge in [-0.25, -0.2) is 4.98 Å². The highest BCUT2D eigenvalue weighted by molar-refractivity contribution is 6.30. The Labute approximate surface area is 277 Å². The minimum absolute atomic E-state index is 0.0247. The zero-order chi connectivity index (χ0) is 35.2. The van der Waals surface area contributed by atoms with Crippen molar-refractivity contribution in [3.63, 3.8) is 0 Å². The van der Waals surface area contributed by atoms with Crippen molar-refractivity contribution in [3.05, 3.63) is 100 Å². The molecule has 0 aliphatic carbocycles. The number of aromatic nitrogens is 1. The lowest BCUT2D eigenvalue weighted by molar-refractivity contribution is -0.142. The van der Waals surface area contributed by atoms with E-state index in [0.29, 0.717) is 28.6 Å². The van der Waals surface area contributed by atoms with Gasteiger partial charge in [-0.15, -0.1) is 0 Å².